The van der Waals surface area contributed by atoms with Crippen molar-refractivity contribution in [3.05, 3.63) is 47.7 Å². The summed E-state index contributed by atoms with van der Waals surface area (Å²) in [4.78, 5) is 12.6. The monoisotopic (exact) mass is 308 g/mol. The highest BCUT2D eigenvalue weighted by Crippen LogP contribution is 2.31. The van der Waals surface area contributed by atoms with Gasteiger partial charge in [-0.15, -0.1) is 0 Å². The van der Waals surface area contributed by atoms with E-state index in [-0.39, 0.29) is 11.9 Å². The third kappa shape index (κ3) is 2.49. The number of carbonyl (C=O) groups excluding carboxylic acids is 1. The van der Waals surface area contributed by atoms with Gasteiger partial charge in [0.1, 0.15) is 5.58 Å². The van der Waals surface area contributed by atoms with Gasteiger partial charge in [0, 0.05) is 22.4 Å². The normalized spacial score (nSPS) is 16.0. The van der Waals surface area contributed by atoms with Gasteiger partial charge in [0.25, 0.3) is 5.91 Å². The third-order valence-corrected chi connectivity index (χ3v) is 4.71. The van der Waals surface area contributed by atoms with Gasteiger partial charge in [0.15, 0.2) is 5.76 Å². The topological polar surface area (TPSA) is 54.3 Å². The van der Waals surface area contributed by atoms with Crippen LogP contribution >= 0.6 is 0 Å². The zero-order valence-corrected chi connectivity index (χ0v) is 13.2. The second-order valence-corrected chi connectivity index (χ2v) is 6.22. The number of fused-ring (bicyclic) bond motifs is 3. The molecule has 23 heavy (non-hydrogen) atoms. The molecule has 4 nitrogen and oxygen atoms in total. The molecule has 1 aromatic heterocycles. The Hall–Kier alpha value is -2.33. The maximum Gasteiger partial charge on any atom is 0.287 e. The highest BCUT2D eigenvalue weighted by molar-refractivity contribution is 6.08. The number of hydrogen-bond donors (Lipinski definition) is 2. The van der Waals surface area contributed by atoms with Crippen LogP contribution in [0.2, 0.25) is 0 Å². The minimum atomic E-state index is -0.102. The first-order valence-corrected chi connectivity index (χ1v) is 8.16. The van der Waals surface area contributed by atoms with Crippen LogP contribution in [0.25, 0.3) is 21.7 Å². The fraction of sp³-hybridized carbons (Fsp3) is 0.316. The van der Waals surface area contributed by atoms with E-state index in [1.54, 1.807) is 0 Å². The number of piperidine rings is 1. The molecule has 2 heterocycles. The molecule has 4 rings (SSSR count). The van der Waals surface area contributed by atoms with Crippen LogP contribution in [0.5, 0.6) is 0 Å². The molecule has 1 aliphatic rings. The Labute approximate surface area is 134 Å². The largest absolute Gasteiger partial charge is 0.450 e. The van der Waals surface area contributed by atoms with E-state index < -0.39 is 0 Å². The van der Waals surface area contributed by atoms with Crippen molar-refractivity contribution in [2.45, 2.75) is 25.8 Å². The molecule has 1 fully saturated rings. The van der Waals surface area contributed by atoms with Gasteiger partial charge >= 0.3 is 0 Å². The lowest BCUT2D eigenvalue weighted by Gasteiger charge is -2.23. The number of rotatable bonds is 2. The molecule has 3 aromatic rings. The molecular formula is C19H20N2O2. The Kier molecular flexibility index (Phi) is 3.54. The molecule has 1 amide bonds. The molecular weight excluding hydrogens is 288 g/mol. The van der Waals surface area contributed by atoms with Crippen molar-refractivity contribution in [1.82, 2.24) is 10.6 Å². The summed E-state index contributed by atoms with van der Waals surface area (Å²) < 4.78 is 5.99. The number of amides is 1. The van der Waals surface area contributed by atoms with Crippen LogP contribution in [0.1, 0.15) is 29.0 Å². The molecule has 0 radical (unpaired) electrons. The first kappa shape index (κ1) is 14.3. The summed E-state index contributed by atoms with van der Waals surface area (Å²) in [7, 11) is 0. The second kappa shape index (κ2) is 5.70. The van der Waals surface area contributed by atoms with Gasteiger partial charge in [-0.25, -0.2) is 0 Å². The van der Waals surface area contributed by atoms with E-state index in [1.165, 1.54) is 0 Å². The van der Waals surface area contributed by atoms with Crippen molar-refractivity contribution >= 4 is 27.6 Å². The minimum absolute atomic E-state index is 0.102. The molecule has 0 spiro atoms. The van der Waals surface area contributed by atoms with E-state index in [0.29, 0.717) is 5.76 Å². The molecule has 1 aliphatic heterocycles. The Balaban J connectivity index is 1.73. The maximum atomic E-state index is 12.6. The van der Waals surface area contributed by atoms with E-state index in [0.717, 1.165) is 53.2 Å². The first-order chi connectivity index (χ1) is 11.2. The Morgan fingerprint density at radius 1 is 1.13 bits per heavy atom. The summed E-state index contributed by atoms with van der Waals surface area (Å²) in [5.74, 6) is 0.338. The molecule has 4 heteroatoms. The average Bonchev–Trinajstić information content (AvgIpc) is 2.93. The number of furan rings is 1. The van der Waals surface area contributed by atoms with Gasteiger partial charge in [0.05, 0.1) is 0 Å². The Morgan fingerprint density at radius 2 is 1.91 bits per heavy atom. The Bertz CT molecular complexity index is 876. The number of benzene rings is 2. The molecule has 2 N–H and O–H groups in total. The van der Waals surface area contributed by atoms with Gasteiger partial charge in [0.2, 0.25) is 0 Å². The van der Waals surface area contributed by atoms with Gasteiger partial charge < -0.3 is 15.1 Å². The quantitative estimate of drug-likeness (QED) is 0.763. The van der Waals surface area contributed by atoms with Crippen LogP contribution in [-0.2, 0) is 0 Å². The van der Waals surface area contributed by atoms with Gasteiger partial charge in [-0.05, 0) is 38.2 Å². The van der Waals surface area contributed by atoms with E-state index >= 15 is 0 Å². The standard InChI is InChI=1S/C19H20N2O2/c1-12-15-7-6-13-4-2-3-5-16(13)18(15)23-17(12)19(22)21-14-8-10-20-11-9-14/h2-7,14,20H,8-11H2,1H3,(H,21,22). The fourth-order valence-corrected chi connectivity index (χ4v) is 3.38. The first-order valence-electron chi connectivity index (χ1n) is 8.16. The number of carbonyl (C=O) groups is 1. The smallest absolute Gasteiger partial charge is 0.287 e. The SMILES string of the molecule is Cc1c(C(=O)NC2CCNCC2)oc2c1ccc1ccccc12. The minimum Gasteiger partial charge on any atom is -0.450 e. The maximum absolute atomic E-state index is 12.6. The lowest BCUT2D eigenvalue weighted by Crippen LogP contribution is -2.42. The average molecular weight is 308 g/mol. The predicted molar refractivity (Wildman–Crippen MR) is 91.8 cm³/mol. The number of nitrogens with one attached hydrogen (secondary N) is 2. The summed E-state index contributed by atoms with van der Waals surface area (Å²) in [5, 5.41) is 9.61. The highest BCUT2D eigenvalue weighted by Gasteiger charge is 2.22. The van der Waals surface area contributed by atoms with Crippen LogP contribution in [0.3, 0.4) is 0 Å². The van der Waals surface area contributed by atoms with Crippen LogP contribution in [0.4, 0.5) is 0 Å². The summed E-state index contributed by atoms with van der Waals surface area (Å²) in [5.41, 5.74) is 1.72. The van der Waals surface area contributed by atoms with Crippen molar-refractivity contribution in [3.8, 4) is 0 Å². The molecule has 1 saturated heterocycles. The molecule has 2 aromatic carbocycles. The summed E-state index contributed by atoms with van der Waals surface area (Å²) in [6.07, 6.45) is 1.93. The van der Waals surface area contributed by atoms with Crippen molar-refractivity contribution in [3.63, 3.8) is 0 Å². The summed E-state index contributed by atoms with van der Waals surface area (Å²) >= 11 is 0. The highest BCUT2D eigenvalue weighted by atomic mass is 16.3. The van der Waals surface area contributed by atoms with Gasteiger partial charge in [-0.1, -0.05) is 36.4 Å². The number of aryl methyl sites for hydroxylation is 1. The van der Waals surface area contributed by atoms with Crippen LogP contribution in [0, 0.1) is 6.92 Å². The Morgan fingerprint density at radius 3 is 2.74 bits per heavy atom. The lowest BCUT2D eigenvalue weighted by atomic mass is 10.0. The van der Waals surface area contributed by atoms with Crippen molar-refractivity contribution in [2.24, 2.45) is 0 Å². The summed E-state index contributed by atoms with van der Waals surface area (Å²) in [6, 6.07) is 12.4. The van der Waals surface area contributed by atoms with Crippen LogP contribution in [0.15, 0.2) is 40.8 Å². The van der Waals surface area contributed by atoms with E-state index in [2.05, 4.69) is 22.8 Å². The second-order valence-electron chi connectivity index (χ2n) is 6.22. The van der Waals surface area contributed by atoms with E-state index in [4.69, 9.17) is 4.42 Å². The van der Waals surface area contributed by atoms with Crippen LogP contribution in [-0.4, -0.2) is 25.0 Å². The van der Waals surface area contributed by atoms with E-state index in [1.807, 2.05) is 31.2 Å². The molecule has 118 valence electrons. The molecule has 0 unspecified atom stereocenters. The zero-order chi connectivity index (χ0) is 15.8. The van der Waals surface area contributed by atoms with Gasteiger partial charge in [-0.2, -0.15) is 0 Å². The summed E-state index contributed by atoms with van der Waals surface area (Å²) in [6.45, 7) is 3.86. The van der Waals surface area contributed by atoms with Gasteiger partial charge in [-0.3, -0.25) is 4.79 Å². The van der Waals surface area contributed by atoms with Crippen LogP contribution < -0.4 is 10.6 Å². The third-order valence-electron chi connectivity index (χ3n) is 4.71. The number of hydrogen-bond acceptors (Lipinski definition) is 3. The molecule has 0 bridgehead atoms. The van der Waals surface area contributed by atoms with Crippen molar-refractivity contribution < 1.29 is 9.21 Å². The van der Waals surface area contributed by atoms with Crippen molar-refractivity contribution in [2.75, 3.05) is 13.1 Å². The van der Waals surface area contributed by atoms with Crippen molar-refractivity contribution in [1.29, 1.82) is 0 Å². The van der Waals surface area contributed by atoms with E-state index in [9.17, 15) is 4.79 Å². The molecule has 0 saturated carbocycles. The molecule has 0 aliphatic carbocycles. The lowest BCUT2D eigenvalue weighted by molar-refractivity contribution is 0.0903. The fourth-order valence-electron chi connectivity index (χ4n) is 3.38. The molecule has 0 atom stereocenters. The predicted octanol–water partition coefficient (Wildman–Crippen LogP) is 3.38. The zero-order valence-electron chi connectivity index (χ0n) is 13.2.